The molecule has 5 heteroatoms. The lowest BCUT2D eigenvalue weighted by molar-refractivity contribution is -0.116. The molecule has 19 heavy (non-hydrogen) atoms. The number of aryl methyl sites for hydroxylation is 1. The van der Waals surface area contributed by atoms with Crippen LogP contribution in [0.1, 0.15) is 17.7 Å². The topological polar surface area (TPSA) is 68.0 Å². The summed E-state index contributed by atoms with van der Waals surface area (Å²) in [4.78, 5) is 15.9. The molecule has 0 aliphatic carbocycles. The standard InChI is InChI=1S/C14H15N3OS/c15-6-5-11-8-19-14(16-11)10-1-3-12-9(7-10)2-4-13(18)17-12/h1,3,7-8H,2,4-6,15H2,(H,17,18). The van der Waals surface area contributed by atoms with Crippen LogP contribution in [0.2, 0.25) is 0 Å². The van der Waals surface area contributed by atoms with Crippen LogP contribution in [0.4, 0.5) is 5.69 Å². The number of nitrogens with two attached hydrogens (primary N) is 1. The molecule has 0 radical (unpaired) electrons. The molecule has 2 heterocycles. The van der Waals surface area contributed by atoms with Gasteiger partial charge in [-0.3, -0.25) is 4.79 Å². The van der Waals surface area contributed by atoms with Crippen molar-refractivity contribution >= 4 is 22.9 Å². The van der Waals surface area contributed by atoms with Gasteiger partial charge < -0.3 is 11.1 Å². The fourth-order valence-electron chi connectivity index (χ4n) is 2.22. The number of amides is 1. The highest BCUT2D eigenvalue weighted by atomic mass is 32.1. The van der Waals surface area contributed by atoms with Gasteiger partial charge in [-0.2, -0.15) is 0 Å². The average molecular weight is 273 g/mol. The smallest absolute Gasteiger partial charge is 0.224 e. The van der Waals surface area contributed by atoms with Crippen molar-refractivity contribution in [2.24, 2.45) is 5.73 Å². The summed E-state index contributed by atoms with van der Waals surface area (Å²) in [7, 11) is 0. The molecule has 2 aromatic rings. The molecule has 1 aromatic heterocycles. The summed E-state index contributed by atoms with van der Waals surface area (Å²) < 4.78 is 0. The number of nitrogens with one attached hydrogen (secondary N) is 1. The zero-order chi connectivity index (χ0) is 13.2. The molecule has 0 saturated heterocycles. The SMILES string of the molecule is NCCc1csc(-c2ccc3c(c2)CCC(=O)N3)n1. The first-order valence-electron chi connectivity index (χ1n) is 6.34. The van der Waals surface area contributed by atoms with E-state index in [1.807, 2.05) is 12.1 Å². The largest absolute Gasteiger partial charge is 0.330 e. The summed E-state index contributed by atoms with van der Waals surface area (Å²) in [5.74, 6) is 0.0970. The van der Waals surface area contributed by atoms with Crippen LogP contribution in [0, 0.1) is 0 Å². The van der Waals surface area contributed by atoms with Crippen molar-refractivity contribution in [1.29, 1.82) is 0 Å². The lowest BCUT2D eigenvalue weighted by Crippen LogP contribution is -2.18. The van der Waals surface area contributed by atoms with Gasteiger partial charge in [-0.1, -0.05) is 0 Å². The minimum Gasteiger partial charge on any atom is -0.330 e. The molecule has 98 valence electrons. The summed E-state index contributed by atoms with van der Waals surface area (Å²) in [6, 6.07) is 6.10. The molecule has 0 bridgehead atoms. The molecule has 3 N–H and O–H groups in total. The molecule has 1 aliphatic heterocycles. The average Bonchev–Trinajstić information content (AvgIpc) is 2.87. The predicted octanol–water partition coefficient (Wildman–Crippen LogP) is 2.20. The van der Waals surface area contributed by atoms with Crippen LogP contribution >= 0.6 is 11.3 Å². The molecule has 1 aromatic carbocycles. The van der Waals surface area contributed by atoms with E-state index in [0.717, 1.165) is 34.8 Å². The van der Waals surface area contributed by atoms with Gasteiger partial charge in [0.2, 0.25) is 5.91 Å². The Morgan fingerprint density at radius 2 is 2.26 bits per heavy atom. The normalized spacial score (nSPS) is 14.1. The Balaban J connectivity index is 1.90. The first-order valence-corrected chi connectivity index (χ1v) is 7.22. The second-order valence-electron chi connectivity index (χ2n) is 4.60. The van der Waals surface area contributed by atoms with Gasteiger partial charge >= 0.3 is 0 Å². The van der Waals surface area contributed by atoms with Crippen molar-refractivity contribution in [1.82, 2.24) is 4.98 Å². The van der Waals surface area contributed by atoms with Crippen LogP contribution in [0.25, 0.3) is 10.6 Å². The van der Waals surface area contributed by atoms with E-state index < -0.39 is 0 Å². The van der Waals surface area contributed by atoms with Crippen LogP contribution in [0.3, 0.4) is 0 Å². The molecule has 3 rings (SSSR count). The number of hydrogen-bond donors (Lipinski definition) is 2. The molecular formula is C14H15N3OS. The number of aromatic nitrogens is 1. The van der Waals surface area contributed by atoms with Crippen molar-refractivity contribution in [2.45, 2.75) is 19.3 Å². The van der Waals surface area contributed by atoms with Crippen LogP contribution in [0.15, 0.2) is 23.6 Å². The second-order valence-corrected chi connectivity index (χ2v) is 5.46. The quantitative estimate of drug-likeness (QED) is 0.900. The third-order valence-electron chi connectivity index (χ3n) is 3.20. The highest BCUT2D eigenvalue weighted by Gasteiger charge is 2.15. The predicted molar refractivity (Wildman–Crippen MR) is 77.3 cm³/mol. The minimum absolute atomic E-state index is 0.0970. The fraction of sp³-hybridized carbons (Fsp3) is 0.286. The molecule has 0 atom stereocenters. The number of carbonyl (C=O) groups excluding carboxylic acids is 1. The van der Waals surface area contributed by atoms with Crippen molar-refractivity contribution in [3.05, 3.63) is 34.8 Å². The van der Waals surface area contributed by atoms with E-state index in [4.69, 9.17) is 5.73 Å². The van der Waals surface area contributed by atoms with Gasteiger partial charge in [0.05, 0.1) is 5.69 Å². The molecule has 1 aliphatic rings. The Morgan fingerprint density at radius 1 is 1.37 bits per heavy atom. The fourth-order valence-corrected chi connectivity index (χ4v) is 3.07. The second kappa shape index (κ2) is 5.11. The van der Waals surface area contributed by atoms with E-state index in [1.54, 1.807) is 11.3 Å². The Morgan fingerprint density at radius 3 is 3.11 bits per heavy atom. The highest BCUT2D eigenvalue weighted by Crippen LogP contribution is 2.30. The number of carbonyl (C=O) groups is 1. The van der Waals surface area contributed by atoms with Gasteiger partial charge in [0.15, 0.2) is 0 Å². The van der Waals surface area contributed by atoms with Gasteiger partial charge in [0.1, 0.15) is 5.01 Å². The summed E-state index contributed by atoms with van der Waals surface area (Å²) in [5.41, 5.74) is 9.82. The van der Waals surface area contributed by atoms with Crippen LogP contribution in [0.5, 0.6) is 0 Å². The maximum absolute atomic E-state index is 11.3. The van der Waals surface area contributed by atoms with E-state index in [0.29, 0.717) is 13.0 Å². The number of thiazole rings is 1. The summed E-state index contributed by atoms with van der Waals surface area (Å²) in [6.07, 6.45) is 2.18. The summed E-state index contributed by atoms with van der Waals surface area (Å²) >= 11 is 1.64. The Hall–Kier alpha value is -1.72. The molecular weight excluding hydrogens is 258 g/mol. The number of hydrogen-bond acceptors (Lipinski definition) is 4. The highest BCUT2D eigenvalue weighted by molar-refractivity contribution is 7.13. The zero-order valence-electron chi connectivity index (χ0n) is 10.5. The molecule has 1 amide bonds. The zero-order valence-corrected chi connectivity index (χ0v) is 11.3. The lowest BCUT2D eigenvalue weighted by Gasteiger charge is -2.17. The monoisotopic (exact) mass is 273 g/mol. The Kier molecular flexibility index (Phi) is 3.31. The maximum Gasteiger partial charge on any atom is 0.224 e. The van der Waals surface area contributed by atoms with Gasteiger partial charge in [-0.05, 0) is 36.7 Å². The minimum atomic E-state index is 0.0970. The number of anilines is 1. The maximum atomic E-state index is 11.3. The Bertz CT molecular complexity index is 621. The first kappa shape index (κ1) is 12.3. The van der Waals surface area contributed by atoms with E-state index in [-0.39, 0.29) is 5.91 Å². The van der Waals surface area contributed by atoms with Gasteiger partial charge in [0, 0.05) is 29.5 Å². The first-order chi connectivity index (χ1) is 9.26. The van der Waals surface area contributed by atoms with E-state index in [9.17, 15) is 4.79 Å². The van der Waals surface area contributed by atoms with Crippen molar-refractivity contribution < 1.29 is 4.79 Å². The van der Waals surface area contributed by atoms with Gasteiger partial charge in [-0.15, -0.1) is 11.3 Å². The van der Waals surface area contributed by atoms with E-state index in [1.165, 1.54) is 5.56 Å². The number of benzene rings is 1. The van der Waals surface area contributed by atoms with Crippen LogP contribution in [-0.4, -0.2) is 17.4 Å². The summed E-state index contributed by atoms with van der Waals surface area (Å²) in [6.45, 7) is 0.624. The number of nitrogens with zero attached hydrogens (tertiary/aromatic N) is 1. The van der Waals surface area contributed by atoms with E-state index in [2.05, 4.69) is 21.7 Å². The van der Waals surface area contributed by atoms with Crippen LogP contribution in [-0.2, 0) is 17.6 Å². The molecule has 4 nitrogen and oxygen atoms in total. The molecule has 0 fully saturated rings. The van der Waals surface area contributed by atoms with Gasteiger partial charge in [0.25, 0.3) is 0 Å². The van der Waals surface area contributed by atoms with Crippen molar-refractivity contribution in [3.8, 4) is 10.6 Å². The molecule has 0 unspecified atom stereocenters. The van der Waals surface area contributed by atoms with Gasteiger partial charge in [-0.25, -0.2) is 4.98 Å². The Labute approximate surface area is 115 Å². The summed E-state index contributed by atoms with van der Waals surface area (Å²) in [5, 5.41) is 5.97. The molecule has 0 spiro atoms. The van der Waals surface area contributed by atoms with E-state index >= 15 is 0 Å². The van der Waals surface area contributed by atoms with Crippen molar-refractivity contribution in [2.75, 3.05) is 11.9 Å². The number of rotatable bonds is 3. The number of fused-ring (bicyclic) bond motifs is 1. The van der Waals surface area contributed by atoms with Crippen LogP contribution < -0.4 is 11.1 Å². The third-order valence-corrected chi connectivity index (χ3v) is 4.14. The third kappa shape index (κ3) is 2.52. The van der Waals surface area contributed by atoms with Crippen molar-refractivity contribution in [3.63, 3.8) is 0 Å². The lowest BCUT2D eigenvalue weighted by atomic mass is 10.0. The molecule has 0 saturated carbocycles.